The van der Waals surface area contributed by atoms with Crippen molar-refractivity contribution in [2.24, 2.45) is 12.8 Å². The van der Waals surface area contributed by atoms with Crippen LogP contribution in [0, 0.1) is 6.92 Å². The zero-order chi connectivity index (χ0) is 12.6. The Morgan fingerprint density at radius 3 is 2.76 bits per heavy atom. The summed E-state index contributed by atoms with van der Waals surface area (Å²) in [7, 11) is 1.87. The van der Waals surface area contributed by atoms with Gasteiger partial charge in [-0.15, -0.1) is 0 Å². The van der Waals surface area contributed by atoms with Crippen LogP contribution in [0.5, 0.6) is 0 Å². The molecule has 0 radical (unpaired) electrons. The van der Waals surface area contributed by atoms with E-state index in [1.165, 1.54) is 0 Å². The number of nitrogens with zero attached hydrogens (tertiary/aromatic N) is 2. The number of hydrogen-bond acceptors (Lipinski definition) is 2. The lowest BCUT2D eigenvalue weighted by atomic mass is 9.99. The molecule has 1 aromatic carbocycles. The van der Waals surface area contributed by atoms with Gasteiger partial charge in [0.25, 0.3) is 0 Å². The van der Waals surface area contributed by atoms with Gasteiger partial charge in [-0.1, -0.05) is 23.7 Å². The molecule has 2 N–H and O–H groups in total. The van der Waals surface area contributed by atoms with Gasteiger partial charge in [-0.25, -0.2) is 0 Å². The Morgan fingerprint density at radius 1 is 1.47 bits per heavy atom. The molecular weight excluding hydrogens is 302 g/mol. The zero-order valence-electron chi connectivity index (χ0n) is 9.61. The average molecular weight is 315 g/mol. The highest BCUT2D eigenvalue weighted by Gasteiger charge is 2.19. The maximum Gasteiger partial charge on any atom is 0.0737 e. The van der Waals surface area contributed by atoms with Crippen molar-refractivity contribution >= 4 is 27.5 Å². The third kappa shape index (κ3) is 2.25. The van der Waals surface area contributed by atoms with Crippen LogP contribution in [0.15, 0.2) is 28.9 Å². The van der Waals surface area contributed by atoms with E-state index in [9.17, 15) is 0 Å². The molecule has 1 atom stereocenters. The van der Waals surface area contributed by atoms with E-state index in [-0.39, 0.29) is 6.04 Å². The van der Waals surface area contributed by atoms with Crippen LogP contribution in [-0.4, -0.2) is 9.78 Å². The molecule has 1 heterocycles. The van der Waals surface area contributed by atoms with Crippen LogP contribution in [0.2, 0.25) is 5.02 Å². The van der Waals surface area contributed by atoms with Gasteiger partial charge in [-0.05, 0) is 40.0 Å². The predicted octanol–water partition coefficient (Wildman–Crippen LogP) is 3.19. The normalized spacial score (nSPS) is 12.8. The van der Waals surface area contributed by atoms with Crippen molar-refractivity contribution in [1.82, 2.24) is 9.78 Å². The molecule has 0 saturated heterocycles. The third-order valence-electron chi connectivity index (χ3n) is 2.88. The van der Waals surface area contributed by atoms with Gasteiger partial charge in [-0.3, -0.25) is 4.68 Å². The number of rotatable bonds is 2. The fourth-order valence-electron chi connectivity index (χ4n) is 1.88. The molecule has 0 bridgehead atoms. The van der Waals surface area contributed by atoms with Crippen LogP contribution in [0.25, 0.3) is 0 Å². The lowest BCUT2D eigenvalue weighted by molar-refractivity contribution is 0.669. The first-order valence-electron chi connectivity index (χ1n) is 5.20. The van der Waals surface area contributed by atoms with E-state index >= 15 is 0 Å². The summed E-state index contributed by atoms with van der Waals surface area (Å²) in [5.41, 5.74) is 9.25. The van der Waals surface area contributed by atoms with Gasteiger partial charge in [-0.2, -0.15) is 5.10 Å². The Kier molecular flexibility index (Phi) is 3.56. The van der Waals surface area contributed by atoms with Crippen LogP contribution >= 0.6 is 27.5 Å². The molecule has 0 aliphatic rings. The highest BCUT2D eigenvalue weighted by atomic mass is 79.9. The Morgan fingerprint density at radius 2 is 2.18 bits per heavy atom. The minimum atomic E-state index is -0.240. The standard InChI is InChI=1S/C12H13BrClN3/c1-7-8(4-3-5-10(7)14)11(15)12-9(13)6-16-17(12)2/h3-6,11H,15H2,1-2H3. The minimum absolute atomic E-state index is 0.240. The highest BCUT2D eigenvalue weighted by molar-refractivity contribution is 9.10. The van der Waals surface area contributed by atoms with Gasteiger partial charge < -0.3 is 5.73 Å². The Labute approximate surface area is 114 Å². The molecule has 90 valence electrons. The van der Waals surface area contributed by atoms with Crippen molar-refractivity contribution in [2.45, 2.75) is 13.0 Å². The molecule has 1 aromatic heterocycles. The Bertz CT molecular complexity index is 531. The minimum Gasteiger partial charge on any atom is -0.319 e. The number of aromatic nitrogens is 2. The molecule has 0 aliphatic carbocycles. The molecule has 0 fully saturated rings. The topological polar surface area (TPSA) is 43.8 Å². The molecule has 0 spiro atoms. The number of hydrogen-bond donors (Lipinski definition) is 1. The monoisotopic (exact) mass is 313 g/mol. The summed E-state index contributed by atoms with van der Waals surface area (Å²) in [5.74, 6) is 0. The Hall–Kier alpha value is -0.840. The van der Waals surface area contributed by atoms with E-state index in [0.29, 0.717) is 0 Å². The molecule has 2 aromatic rings. The summed E-state index contributed by atoms with van der Waals surface area (Å²) >= 11 is 9.57. The van der Waals surface area contributed by atoms with E-state index in [0.717, 1.165) is 26.3 Å². The number of halogens is 2. The quantitative estimate of drug-likeness (QED) is 0.925. The van der Waals surface area contributed by atoms with Gasteiger partial charge in [0.2, 0.25) is 0 Å². The lowest BCUT2D eigenvalue weighted by Gasteiger charge is -2.16. The zero-order valence-corrected chi connectivity index (χ0v) is 12.0. The van der Waals surface area contributed by atoms with Crippen LogP contribution in [0.3, 0.4) is 0 Å². The van der Waals surface area contributed by atoms with Crippen LogP contribution in [-0.2, 0) is 7.05 Å². The second-order valence-corrected chi connectivity index (χ2v) is 5.19. The first-order valence-corrected chi connectivity index (χ1v) is 6.37. The SMILES string of the molecule is Cc1c(Cl)cccc1C(N)c1c(Br)cnn1C. The fraction of sp³-hybridized carbons (Fsp3) is 0.250. The summed E-state index contributed by atoms with van der Waals surface area (Å²) in [5, 5.41) is 4.90. The second-order valence-electron chi connectivity index (χ2n) is 3.93. The molecule has 0 saturated carbocycles. The van der Waals surface area contributed by atoms with Crippen LogP contribution in [0.4, 0.5) is 0 Å². The predicted molar refractivity (Wildman–Crippen MR) is 73.1 cm³/mol. The molecule has 2 rings (SSSR count). The van der Waals surface area contributed by atoms with Gasteiger partial charge in [0.1, 0.15) is 0 Å². The van der Waals surface area contributed by atoms with E-state index in [4.69, 9.17) is 17.3 Å². The molecule has 17 heavy (non-hydrogen) atoms. The van der Waals surface area contributed by atoms with E-state index in [1.54, 1.807) is 10.9 Å². The second kappa shape index (κ2) is 4.80. The summed E-state index contributed by atoms with van der Waals surface area (Å²) in [6.45, 7) is 1.97. The number of nitrogens with two attached hydrogens (primary N) is 1. The van der Waals surface area contributed by atoms with Gasteiger partial charge in [0.15, 0.2) is 0 Å². The smallest absolute Gasteiger partial charge is 0.0737 e. The molecule has 3 nitrogen and oxygen atoms in total. The molecule has 0 aliphatic heterocycles. The summed E-state index contributed by atoms with van der Waals surface area (Å²) in [4.78, 5) is 0. The van der Waals surface area contributed by atoms with Gasteiger partial charge >= 0.3 is 0 Å². The van der Waals surface area contributed by atoms with Crippen LogP contribution < -0.4 is 5.73 Å². The maximum atomic E-state index is 6.28. The van der Waals surface area contributed by atoms with Crippen molar-refractivity contribution in [1.29, 1.82) is 0 Å². The average Bonchev–Trinajstić information content (AvgIpc) is 2.62. The van der Waals surface area contributed by atoms with E-state index in [2.05, 4.69) is 21.0 Å². The van der Waals surface area contributed by atoms with Crippen molar-refractivity contribution < 1.29 is 0 Å². The molecular formula is C12H13BrClN3. The first-order chi connectivity index (χ1) is 8.02. The van der Waals surface area contributed by atoms with Crippen molar-refractivity contribution in [2.75, 3.05) is 0 Å². The summed E-state index contributed by atoms with van der Waals surface area (Å²) in [6, 6.07) is 5.53. The van der Waals surface area contributed by atoms with E-state index in [1.807, 2.05) is 32.2 Å². The van der Waals surface area contributed by atoms with Crippen molar-refractivity contribution in [3.05, 3.63) is 50.7 Å². The largest absolute Gasteiger partial charge is 0.319 e. The van der Waals surface area contributed by atoms with Crippen LogP contribution in [0.1, 0.15) is 22.9 Å². The number of benzene rings is 1. The maximum absolute atomic E-state index is 6.28. The van der Waals surface area contributed by atoms with Gasteiger partial charge in [0.05, 0.1) is 22.4 Å². The summed E-state index contributed by atoms with van der Waals surface area (Å²) in [6.07, 6.45) is 1.75. The summed E-state index contributed by atoms with van der Waals surface area (Å²) < 4.78 is 2.68. The van der Waals surface area contributed by atoms with Gasteiger partial charge in [0, 0.05) is 12.1 Å². The third-order valence-corrected chi connectivity index (χ3v) is 3.90. The molecule has 1 unspecified atom stereocenters. The lowest BCUT2D eigenvalue weighted by Crippen LogP contribution is -2.17. The molecule has 5 heteroatoms. The fourth-order valence-corrected chi connectivity index (χ4v) is 2.66. The highest BCUT2D eigenvalue weighted by Crippen LogP contribution is 2.30. The van der Waals surface area contributed by atoms with Crippen molar-refractivity contribution in [3.8, 4) is 0 Å². The first kappa shape index (κ1) is 12.6. The number of aryl methyl sites for hydroxylation is 1. The molecule has 0 amide bonds. The Balaban J connectivity index is 2.51. The van der Waals surface area contributed by atoms with Crippen molar-refractivity contribution in [3.63, 3.8) is 0 Å². The van der Waals surface area contributed by atoms with E-state index < -0.39 is 0 Å².